The lowest BCUT2D eigenvalue weighted by Crippen LogP contribution is -2.41. The number of hydrogen-bond acceptors (Lipinski definition) is 4. The molecule has 7 heteroatoms. The summed E-state index contributed by atoms with van der Waals surface area (Å²) >= 11 is 7.11. The summed E-state index contributed by atoms with van der Waals surface area (Å²) in [6.07, 6.45) is 1.88. The van der Waals surface area contributed by atoms with Gasteiger partial charge in [-0.3, -0.25) is 15.1 Å². The van der Waals surface area contributed by atoms with Crippen molar-refractivity contribution < 1.29 is 0 Å². The molecule has 1 heterocycles. The zero-order chi connectivity index (χ0) is 20.2. The fraction of sp³-hybridized carbons (Fsp3) is 0.0455. The van der Waals surface area contributed by atoms with Gasteiger partial charge in [0.25, 0.3) is 5.56 Å². The van der Waals surface area contributed by atoms with Gasteiger partial charge in [0.15, 0.2) is 10.3 Å². The molecule has 0 aliphatic rings. The molecule has 29 heavy (non-hydrogen) atoms. The van der Waals surface area contributed by atoms with Gasteiger partial charge in [0.1, 0.15) is 0 Å². The number of benzene rings is 3. The topological polar surface area (TPSA) is 50.2 Å². The number of fused-ring (bicyclic) bond motifs is 1. The van der Waals surface area contributed by atoms with Gasteiger partial charge < -0.3 is 0 Å². The van der Waals surface area contributed by atoms with E-state index in [1.807, 2.05) is 90.0 Å². The van der Waals surface area contributed by atoms with Crippen LogP contribution in [0.15, 0.2) is 94.9 Å². The summed E-state index contributed by atoms with van der Waals surface area (Å²) in [4.78, 5) is 19.6. The fourth-order valence-corrected chi connectivity index (χ4v) is 3.83. The first kappa shape index (κ1) is 19.2. The number of aromatic nitrogens is 2. The standard InChI is InChI=1S/C22H18N4OS2/c1-29-22-23-19-15-9-8-14-18(19)20(27)26(22)24-21(28)25(16-10-4-2-5-11-16)17-12-6-3-7-13-17/h2-15H,1H3,(H,24,28). The normalized spacial score (nSPS) is 10.7. The van der Waals surface area contributed by atoms with Gasteiger partial charge in [-0.2, -0.15) is 4.68 Å². The maximum atomic E-state index is 13.1. The summed E-state index contributed by atoms with van der Waals surface area (Å²) in [7, 11) is 0. The van der Waals surface area contributed by atoms with E-state index in [1.165, 1.54) is 16.4 Å². The predicted molar refractivity (Wildman–Crippen MR) is 125 cm³/mol. The molecule has 0 atom stereocenters. The molecule has 3 aromatic carbocycles. The van der Waals surface area contributed by atoms with Crippen molar-refractivity contribution in [3.05, 3.63) is 95.3 Å². The monoisotopic (exact) mass is 418 g/mol. The summed E-state index contributed by atoms with van der Waals surface area (Å²) in [5, 5.41) is 1.44. The molecule has 144 valence electrons. The molecule has 0 aliphatic heterocycles. The van der Waals surface area contributed by atoms with E-state index in [-0.39, 0.29) is 5.56 Å². The number of anilines is 2. The highest BCUT2D eigenvalue weighted by Crippen LogP contribution is 2.25. The molecule has 1 N–H and O–H groups in total. The summed E-state index contributed by atoms with van der Waals surface area (Å²) in [5.41, 5.74) is 5.35. The molecule has 0 spiro atoms. The molecule has 0 aliphatic carbocycles. The quantitative estimate of drug-likeness (QED) is 0.292. The van der Waals surface area contributed by atoms with Crippen molar-refractivity contribution in [2.45, 2.75) is 5.16 Å². The van der Waals surface area contributed by atoms with Crippen LogP contribution in [0.4, 0.5) is 11.4 Å². The van der Waals surface area contributed by atoms with E-state index >= 15 is 0 Å². The Bertz CT molecular complexity index is 1170. The third kappa shape index (κ3) is 3.87. The molecule has 5 nitrogen and oxygen atoms in total. The van der Waals surface area contributed by atoms with Crippen LogP contribution >= 0.6 is 24.0 Å². The summed E-state index contributed by atoms with van der Waals surface area (Å²) < 4.78 is 1.41. The van der Waals surface area contributed by atoms with E-state index in [4.69, 9.17) is 12.2 Å². The second-order valence-corrected chi connectivity index (χ2v) is 7.34. The molecular formula is C22H18N4OS2. The van der Waals surface area contributed by atoms with Gasteiger partial charge in [-0.25, -0.2) is 4.98 Å². The first-order valence-electron chi connectivity index (χ1n) is 8.96. The van der Waals surface area contributed by atoms with Crippen molar-refractivity contribution >= 4 is 51.4 Å². The Morgan fingerprint density at radius 3 is 2.07 bits per heavy atom. The summed E-state index contributed by atoms with van der Waals surface area (Å²) in [6, 6.07) is 26.9. The molecule has 1 aromatic heterocycles. The highest BCUT2D eigenvalue weighted by molar-refractivity contribution is 7.98. The lowest BCUT2D eigenvalue weighted by molar-refractivity contribution is 0.768. The Morgan fingerprint density at radius 2 is 1.48 bits per heavy atom. The summed E-state index contributed by atoms with van der Waals surface area (Å²) in [6.45, 7) is 0. The highest BCUT2D eigenvalue weighted by atomic mass is 32.2. The largest absolute Gasteiger partial charge is 0.286 e. The average Bonchev–Trinajstić information content (AvgIpc) is 2.77. The van der Waals surface area contributed by atoms with E-state index < -0.39 is 0 Å². The van der Waals surface area contributed by atoms with Gasteiger partial charge in [0.2, 0.25) is 0 Å². The Hall–Kier alpha value is -3.16. The van der Waals surface area contributed by atoms with E-state index in [2.05, 4.69) is 10.4 Å². The lowest BCUT2D eigenvalue weighted by Gasteiger charge is -2.27. The van der Waals surface area contributed by atoms with Crippen LogP contribution in [0.3, 0.4) is 0 Å². The molecule has 4 rings (SSSR count). The van der Waals surface area contributed by atoms with Crippen LogP contribution in [0.1, 0.15) is 0 Å². The van der Waals surface area contributed by atoms with Crippen LogP contribution in [-0.4, -0.2) is 21.0 Å². The van der Waals surface area contributed by atoms with Gasteiger partial charge in [-0.05, 0) is 54.9 Å². The second-order valence-electron chi connectivity index (χ2n) is 6.18. The van der Waals surface area contributed by atoms with Gasteiger partial charge in [0.05, 0.1) is 10.9 Å². The van der Waals surface area contributed by atoms with Crippen molar-refractivity contribution in [3.8, 4) is 0 Å². The smallest absolute Gasteiger partial charge is 0.281 e. The first-order chi connectivity index (χ1) is 14.2. The Balaban J connectivity index is 1.79. The zero-order valence-corrected chi connectivity index (χ0v) is 17.3. The SMILES string of the molecule is CSc1nc2ccccc2c(=O)n1NC(=S)N(c1ccccc1)c1ccccc1. The van der Waals surface area contributed by atoms with E-state index in [0.717, 1.165) is 11.4 Å². The molecule has 0 bridgehead atoms. The van der Waals surface area contributed by atoms with E-state index in [0.29, 0.717) is 21.2 Å². The molecule has 4 aromatic rings. The minimum Gasteiger partial charge on any atom is -0.286 e. The zero-order valence-electron chi connectivity index (χ0n) is 15.6. The number of nitrogens with one attached hydrogen (secondary N) is 1. The molecule has 0 unspecified atom stereocenters. The van der Waals surface area contributed by atoms with Crippen LogP contribution in [0, 0.1) is 0 Å². The minimum absolute atomic E-state index is 0.191. The molecule has 0 saturated heterocycles. The number of thioether (sulfide) groups is 1. The molecule has 0 amide bonds. The molecular weight excluding hydrogens is 400 g/mol. The number of nitrogens with zero attached hydrogens (tertiary/aromatic N) is 3. The number of rotatable bonds is 4. The van der Waals surface area contributed by atoms with Crippen LogP contribution in [0.2, 0.25) is 0 Å². The van der Waals surface area contributed by atoms with Gasteiger partial charge in [-0.1, -0.05) is 60.3 Å². The maximum Gasteiger partial charge on any atom is 0.281 e. The number of thiocarbonyl (C=S) groups is 1. The van der Waals surface area contributed by atoms with Crippen molar-refractivity contribution in [2.24, 2.45) is 0 Å². The minimum atomic E-state index is -0.191. The number of hydrogen-bond donors (Lipinski definition) is 1. The van der Waals surface area contributed by atoms with Crippen molar-refractivity contribution in [1.82, 2.24) is 9.66 Å². The third-order valence-corrected chi connectivity index (χ3v) is 5.28. The average molecular weight is 419 g/mol. The Labute approximate surface area is 178 Å². The Morgan fingerprint density at radius 1 is 0.931 bits per heavy atom. The van der Waals surface area contributed by atoms with Crippen LogP contribution in [0.25, 0.3) is 10.9 Å². The van der Waals surface area contributed by atoms with Crippen LogP contribution in [0.5, 0.6) is 0 Å². The van der Waals surface area contributed by atoms with Crippen LogP contribution < -0.4 is 15.9 Å². The molecule has 0 saturated carbocycles. The second kappa shape index (κ2) is 8.46. The molecule has 0 fully saturated rings. The van der Waals surface area contributed by atoms with Gasteiger partial charge in [0, 0.05) is 11.4 Å². The van der Waals surface area contributed by atoms with Gasteiger partial charge in [-0.15, -0.1) is 0 Å². The Kier molecular flexibility index (Phi) is 5.59. The third-order valence-electron chi connectivity index (χ3n) is 4.37. The van der Waals surface area contributed by atoms with Crippen molar-refractivity contribution in [2.75, 3.05) is 16.6 Å². The van der Waals surface area contributed by atoms with Crippen molar-refractivity contribution in [1.29, 1.82) is 0 Å². The van der Waals surface area contributed by atoms with Crippen molar-refractivity contribution in [3.63, 3.8) is 0 Å². The number of para-hydroxylation sites is 3. The lowest BCUT2D eigenvalue weighted by atomic mass is 10.2. The predicted octanol–water partition coefficient (Wildman–Crippen LogP) is 4.79. The van der Waals surface area contributed by atoms with E-state index in [9.17, 15) is 4.79 Å². The first-order valence-corrected chi connectivity index (χ1v) is 10.6. The van der Waals surface area contributed by atoms with E-state index in [1.54, 1.807) is 6.07 Å². The maximum absolute atomic E-state index is 13.1. The van der Waals surface area contributed by atoms with Gasteiger partial charge >= 0.3 is 0 Å². The molecule has 0 radical (unpaired) electrons. The fourth-order valence-electron chi connectivity index (χ4n) is 3.03. The van der Waals surface area contributed by atoms with Crippen LogP contribution in [-0.2, 0) is 0 Å². The summed E-state index contributed by atoms with van der Waals surface area (Å²) in [5.74, 6) is 0. The highest BCUT2D eigenvalue weighted by Gasteiger charge is 2.17.